The molecule has 0 radical (unpaired) electrons. The molecule has 0 amide bonds. The van der Waals surface area contributed by atoms with Crippen LogP contribution in [0, 0.1) is 22.7 Å². The van der Waals surface area contributed by atoms with Crippen molar-refractivity contribution in [3.05, 3.63) is 83.4 Å². The minimum absolute atomic E-state index is 0.266. The van der Waals surface area contributed by atoms with Gasteiger partial charge >= 0.3 is 0 Å². The number of anilines is 1. The summed E-state index contributed by atoms with van der Waals surface area (Å²) in [6, 6.07) is 26.5. The number of aromatic nitrogens is 2. The molecule has 0 atom stereocenters. The highest BCUT2D eigenvalue weighted by atomic mass is 16.5. The summed E-state index contributed by atoms with van der Waals surface area (Å²) in [6.07, 6.45) is 0. The number of hydrogen-bond acceptors (Lipinski definition) is 7. The molecule has 7 heteroatoms. The summed E-state index contributed by atoms with van der Waals surface area (Å²) in [7, 11) is 0. The van der Waals surface area contributed by atoms with Crippen molar-refractivity contribution in [2.45, 2.75) is 13.5 Å². The Labute approximate surface area is 210 Å². The first-order valence-corrected chi connectivity index (χ1v) is 12.1. The zero-order valence-electron chi connectivity index (χ0n) is 20.2. The number of nitrogens with zero attached hydrogens (tertiary/aromatic N) is 6. The Morgan fingerprint density at radius 2 is 1.58 bits per heavy atom. The van der Waals surface area contributed by atoms with Crippen molar-refractivity contribution in [3.8, 4) is 29.1 Å². The van der Waals surface area contributed by atoms with Gasteiger partial charge in [0.15, 0.2) is 5.65 Å². The molecule has 3 heterocycles. The minimum atomic E-state index is 0.266. The van der Waals surface area contributed by atoms with Crippen LogP contribution in [0.25, 0.3) is 22.2 Å². The standard InChI is InChI=1S/C29H26N6O/c1-2-36-29-25(19-31)26(22-11-7-4-8-12-22)24-17-23(18-30)28(32-27(24)33-29)35-15-13-34(14-16-35)20-21-9-5-3-6-10-21/h3-12,17H,2,13-16,20H2,1H3. The average molecular weight is 475 g/mol. The Bertz CT molecular complexity index is 1450. The van der Waals surface area contributed by atoms with Crippen molar-refractivity contribution in [2.24, 2.45) is 0 Å². The molecular weight excluding hydrogens is 448 g/mol. The first-order chi connectivity index (χ1) is 17.7. The number of rotatable bonds is 6. The lowest BCUT2D eigenvalue weighted by atomic mass is 9.97. The van der Waals surface area contributed by atoms with Gasteiger partial charge in [-0.2, -0.15) is 15.5 Å². The molecule has 5 rings (SSSR count). The highest BCUT2D eigenvalue weighted by molar-refractivity contribution is 5.98. The summed E-state index contributed by atoms with van der Waals surface area (Å²) in [5, 5.41) is 20.7. The maximum Gasteiger partial charge on any atom is 0.234 e. The van der Waals surface area contributed by atoms with Gasteiger partial charge in [-0.25, -0.2) is 4.98 Å². The van der Waals surface area contributed by atoms with Crippen molar-refractivity contribution in [2.75, 3.05) is 37.7 Å². The third-order valence-corrected chi connectivity index (χ3v) is 6.42. The number of hydrogen-bond donors (Lipinski definition) is 0. The molecule has 7 nitrogen and oxygen atoms in total. The van der Waals surface area contributed by atoms with Crippen LogP contribution in [-0.2, 0) is 6.54 Å². The lowest BCUT2D eigenvalue weighted by Crippen LogP contribution is -2.46. The fourth-order valence-corrected chi connectivity index (χ4v) is 4.69. The van der Waals surface area contributed by atoms with E-state index >= 15 is 0 Å². The molecule has 0 saturated carbocycles. The summed E-state index contributed by atoms with van der Waals surface area (Å²) in [5.74, 6) is 0.894. The molecule has 0 unspecified atom stereocenters. The SMILES string of the molecule is CCOc1nc2nc(N3CCN(Cc4ccccc4)CC3)c(C#N)cc2c(-c2ccccc2)c1C#N. The van der Waals surface area contributed by atoms with Crippen LogP contribution in [-0.4, -0.2) is 47.7 Å². The van der Waals surface area contributed by atoms with Gasteiger partial charge in [0.25, 0.3) is 0 Å². The van der Waals surface area contributed by atoms with Crippen molar-refractivity contribution < 1.29 is 4.74 Å². The molecule has 2 aromatic heterocycles. The predicted molar refractivity (Wildman–Crippen MR) is 140 cm³/mol. The summed E-state index contributed by atoms with van der Waals surface area (Å²) in [6.45, 7) is 6.43. The molecule has 36 heavy (non-hydrogen) atoms. The topological polar surface area (TPSA) is 89.1 Å². The number of piperazine rings is 1. The molecule has 0 N–H and O–H groups in total. The number of ether oxygens (including phenoxy) is 1. The first-order valence-electron chi connectivity index (χ1n) is 12.1. The molecule has 1 fully saturated rings. The van der Waals surface area contributed by atoms with Crippen LogP contribution in [0.15, 0.2) is 66.7 Å². The first kappa shape index (κ1) is 23.3. The van der Waals surface area contributed by atoms with E-state index in [-0.39, 0.29) is 5.88 Å². The van der Waals surface area contributed by atoms with Gasteiger partial charge < -0.3 is 9.64 Å². The van der Waals surface area contributed by atoms with E-state index in [0.717, 1.165) is 38.3 Å². The monoisotopic (exact) mass is 474 g/mol. The fourth-order valence-electron chi connectivity index (χ4n) is 4.69. The number of pyridine rings is 2. The largest absolute Gasteiger partial charge is 0.477 e. The molecule has 1 aliphatic rings. The molecule has 0 bridgehead atoms. The van der Waals surface area contributed by atoms with Crippen molar-refractivity contribution in [1.29, 1.82) is 10.5 Å². The van der Waals surface area contributed by atoms with Gasteiger partial charge in [0.1, 0.15) is 23.5 Å². The van der Waals surface area contributed by atoms with Crippen LogP contribution in [0.3, 0.4) is 0 Å². The van der Waals surface area contributed by atoms with E-state index in [1.54, 1.807) is 0 Å². The lowest BCUT2D eigenvalue weighted by Gasteiger charge is -2.35. The third kappa shape index (κ3) is 4.57. The van der Waals surface area contributed by atoms with E-state index in [4.69, 9.17) is 9.72 Å². The van der Waals surface area contributed by atoms with Gasteiger partial charge in [-0.1, -0.05) is 60.7 Å². The van der Waals surface area contributed by atoms with Crippen molar-refractivity contribution >= 4 is 16.9 Å². The quantitative estimate of drug-likeness (QED) is 0.398. The van der Waals surface area contributed by atoms with E-state index in [1.807, 2.05) is 49.4 Å². The van der Waals surface area contributed by atoms with Gasteiger partial charge in [0.05, 0.1) is 12.2 Å². The normalized spacial score (nSPS) is 13.8. The summed E-state index contributed by atoms with van der Waals surface area (Å²) >= 11 is 0. The Kier molecular flexibility index (Phi) is 6.75. The van der Waals surface area contributed by atoms with Gasteiger partial charge in [0, 0.05) is 43.7 Å². The molecule has 4 aromatic rings. The highest BCUT2D eigenvalue weighted by Gasteiger charge is 2.24. The van der Waals surface area contributed by atoms with Crippen molar-refractivity contribution in [3.63, 3.8) is 0 Å². The lowest BCUT2D eigenvalue weighted by molar-refractivity contribution is 0.249. The summed E-state index contributed by atoms with van der Waals surface area (Å²) in [5.41, 5.74) is 4.14. The maximum atomic E-state index is 10.0. The van der Waals surface area contributed by atoms with Crippen LogP contribution in [0.2, 0.25) is 0 Å². The van der Waals surface area contributed by atoms with E-state index in [9.17, 15) is 10.5 Å². The van der Waals surface area contributed by atoms with Gasteiger partial charge in [-0.15, -0.1) is 0 Å². The van der Waals surface area contributed by atoms with E-state index in [2.05, 4.69) is 51.2 Å². The zero-order valence-corrected chi connectivity index (χ0v) is 20.2. The van der Waals surface area contributed by atoms with Gasteiger partial charge in [-0.05, 0) is 24.1 Å². The summed E-state index contributed by atoms with van der Waals surface area (Å²) < 4.78 is 5.75. The molecular formula is C29H26N6O. The van der Waals surface area contributed by atoms with E-state index < -0.39 is 0 Å². The molecule has 1 aliphatic heterocycles. The fraction of sp³-hybridized carbons (Fsp3) is 0.241. The number of nitriles is 2. The molecule has 0 aliphatic carbocycles. The smallest absolute Gasteiger partial charge is 0.234 e. The van der Waals surface area contributed by atoms with Crippen molar-refractivity contribution in [1.82, 2.24) is 14.9 Å². The third-order valence-electron chi connectivity index (χ3n) is 6.42. The van der Waals surface area contributed by atoms with Crippen LogP contribution >= 0.6 is 0 Å². The van der Waals surface area contributed by atoms with Gasteiger partial charge in [-0.3, -0.25) is 4.90 Å². The Hall–Kier alpha value is -4.46. The average Bonchev–Trinajstić information content (AvgIpc) is 2.93. The number of fused-ring (bicyclic) bond motifs is 1. The molecule has 2 aromatic carbocycles. The molecule has 0 spiro atoms. The van der Waals surface area contributed by atoms with Crippen LogP contribution in [0.4, 0.5) is 5.82 Å². The Morgan fingerprint density at radius 1 is 0.889 bits per heavy atom. The Balaban J connectivity index is 1.53. The number of benzene rings is 2. The second-order valence-electron chi connectivity index (χ2n) is 8.67. The summed E-state index contributed by atoms with van der Waals surface area (Å²) in [4.78, 5) is 14.1. The predicted octanol–water partition coefficient (Wildman–Crippen LogP) is 4.76. The van der Waals surface area contributed by atoms with E-state index in [1.165, 1.54) is 5.56 Å². The highest BCUT2D eigenvalue weighted by Crippen LogP contribution is 2.37. The van der Waals surface area contributed by atoms with E-state index in [0.29, 0.717) is 40.1 Å². The zero-order chi connectivity index (χ0) is 24.9. The molecule has 1 saturated heterocycles. The second kappa shape index (κ2) is 10.4. The Morgan fingerprint density at radius 3 is 2.22 bits per heavy atom. The van der Waals surface area contributed by atoms with Gasteiger partial charge in [0.2, 0.25) is 5.88 Å². The molecule has 178 valence electrons. The minimum Gasteiger partial charge on any atom is -0.477 e. The van der Waals surface area contributed by atoms with Crippen LogP contribution in [0.1, 0.15) is 23.6 Å². The maximum absolute atomic E-state index is 10.0. The van der Waals surface area contributed by atoms with Crippen LogP contribution < -0.4 is 9.64 Å². The second-order valence-corrected chi connectivity index (χ2v) is 8.67. The van der Waals surface area contributed by atoms with Crippen LogP contribution in [0.5, 0.6) is 5.88 Å².